The molecule has 0 aliphatic heterocycles. The normalized spacial score (nSPS) is 11.8. The van der Waals surface area contributed by atoms with Crippen molar-refractivity contribution in [3.63, 3.8) is 0 Å². The minimum Gasteiger partial charge on any atom is -0.495 e. The molecule has 0 saturated carbocycles. The van der Waals surface area contributed by atoms with E-state index in [-0.39, 0.29) is 23.3 Å². The van der Waals surface area contributed by atoms with E-state index in [4.69, 9.17) is 9.84 Å². The summed E-state index contributed by atoms with van der Waals surface area (Å²) >= 11 is 0. The minimum atomic E-state index is -3.62. The lowest BCUT2D eigenvalue weighted by Gasteiger charge is -2.13. The molecule has 0 fully saturated rings. The van der Waals surface area contributed by atoms with Crippen molar-refractivity contribution in [2.75, 3.05) is 7.11 Å². The third kappa shape index (κ3) is 3.42. The molecule has 0 aliphatic carbocycles. The highest BCUT2D eigenvalue weighted by Crippen LogP contribution is 2.25. The van der Waals surface area contributed by atoms with Gasteiger partial charge in [-0.15, -0.1) is 0 Å². The Kier molecular flexibility index (Phi) is 4.50. The van der Waals surface area contributed by atoms with E-state index in [1.807, 2.05) is 0 Å². The second-order valence-corrected chi connectivity index (χ2v) is 5.60. The first-order valence-corrected chi connectivity index (χ1v) is 6.69. The Morgan fingerprint density at radius 2 is 2.06 bits per heavy atom. The van der Waals surface area contributed by atoms with Crippen molar-refractivity contribution in [1.82, 2.24) is 4.72 Å². The monoisotopic (exact) mass is 259 g/mol. The molecule has 0 aliphatic rings. The molecular weight excluding hydrogens is 242 g/mol. The number of hydrogen-bond acceptors (Lipinski definition) is 4. The number of nitrogens with one attached hydrogen (secondary N) is 1. The van der Waals surface area contributed by atoms with Gasteiger partial charge in [0.15, 0.2) is 0 Å². The summed E-state index contributed by atoms with van der Waals surface area (Å²) in [6.07, 6.45) is 0. The van der Waals surface area contributed by atoms with E-state index < -0.39 is 10.0 Å². The van der Waals surface area contributed by atoms with Crippen LogP contribution < -0.4 is 9.46 Å². The van der Waals surface area contributed by atoms with Crippen molar-refractivity contribution in [1.29, 1.82) is 0 Å². The Bertz CT molecular complexity index is 482. The fourth-order valence-electron chi connectivity index (χ4n) is 1.40. The van der Waals surface area contributed by atoms with E-state index >= 15 is 0 Å². The molecule has 0 aromatic heterocycles. The van der Waals surface area contributed by atoms with Gasteiger partial charge in [-0.25, -0.2) is 13.1 Å². The van der Waals surface area contributed by atoms with Gasteiger partial charge in [-0.3, -0.25) is 0 Å². The Labute approximate surface area is 101 Å². The van der Waals surface area contributed by atoms with Gasteiger partial charge in [0.2, 0.25) is 10.0 Å². The minimum absolute atomic E-state index is 0.0419. The van der Waals surface area contributed by atoms with E-state index in [1.54, 1.807) is 19.9 Å². The summed E-state index contributed by atoms with van der Waals surface area (Å²) < 4.78 is 31.5. The van der Waals surface area contributed by atoms with Gasteiger partial charge in [0, 0.05) is 6.04 Å². The maximum absolute atomic E-state index is 12.0. The van der Waals surface area contributed by atoms with Crippen LogP contribution in [0, 0.1) is 0 Å². The average Bonchev–Trinajstić information content (AvgIpc) is 2.26. The zero-order valence-electron chi connectivity index (χ0n) is 10.1. The van der Waals surface area contributed by atoms with Crippen molar-refractivity contribution in [2.45, 2.75) is 31.4 Å². The van der Waals surface area contributed by atoms with E-state index in [0.29, 0.717) is 5.56 Å². The molecule has 0 amide bonds. The van der Waals surface area contributed by atoms with Crippen LogP contribution in [-0.4, -0.2) is 26.7 Å². The zero-order chi connectivity index (χ0) is 13.1. The number of hydrogen-bond donors (Lipinski definition) is 2. The van der Waals surface area contributed by atoms with Crippen molar-refractivity contribution >= 4 is 10.0 Å². The highest BCUT2D eigenvalue weighted by molar-refractivity contribution is 7.89. The summed E-state index contributed by atoms with van der Waals surface area (Å²) in [5.41, 5.74) is 0.523. The standard InChI is InChI=1S/C11H17NO4S/c1-8(2)12-17(14,15)11-6-9(7-13)4-5-10(11)16-3/h4-6,8,12-13H,7H2,1-3H3. The van der Waals surface area contributed by atoms with Gasteiger partial charge >= 0.3 is 0 Å². The summed E-state index contributed by atoms with van der Waals surface area (Å²) in [5.74, 6) is 0.260. The largest absolute Gasteiger partial charge is 0.495 e. The fraction of sp³-hybridized carbons (Fsp3) is 0.455. The van der Waals surface area contributed by atoms with Crippen molar-refractivity contribution < 1.29 is 18.3 Å². The molecule has 6 heteroatoms. The van der Waals surface area contributed by atoms with Gasteiger partial charge in [0.05, 0.1) is 13.7 Å². The number of ether oxygens (including phenoxy) is 1. The maximum Gasteiger partial charge on any atom is 0.244 e. The third-order valence-corrected chi connectivity index (χ3v) is 3.77. The number of aliphatic hydroxyl groups excluding tert-OH is 1. The van der Waals surface area contributed by atoms with E-state index in [1.165, 1.54) is 19.2 Å². The van der Waals surface area contributed by atoms with E-state index in [9.17, 15) is 8.42 Å². The Morgan fingerprint density at radius 1 is 1.41 bits per heavy atom. The zero-order valence-corrected chi connectivity index (χ0v) is 10.9. The van der Waals surface area contributed by atoms with Crippen LogP contribution >= 0.6 is 0 Å². The number of rotatable bonds is 5. The first-order valence-electron chi connectivity index (χ1n) is 5.21. The first kappa shape index (κ1) is 14.0. The molecule has 17 heavy (non-hydrogen) atoms. The number of sulfonamides is 1. The van der Waals surface area contributed by atoms with Crippen LogP contribution in [0.25, 0.3) is 0 Å². The molecule has 0 heterocycles. The van der Waals surface area contributed by atoms with Gasteiger partial charge in [0.25, 0.3) is 0 Å². The number of methoxy groups -OCH3 is 1. The Balaban J connectivity index is 3.27. The molecule has 96 valence electrons. The molecule has 0 unspecified atom stereocenters. The smallest absolute Gasteiger partial charge is 0.244 e. The van der Waals surface area contributed by atoms with Crippen LogP contribution in [0.3, 0.4) is 0 Å². The molecule has 0 radical (unpaired) electrons. The van der Waals surface area contributed by atoms with Crippen LogP contribution in [0.4, 0.5) is 0 Å². The summed E-state index contributed by atoms with van der Waals surface area (Å²) in [7, 11) is -2.22. The molecule has 1 aromatic rings. The summed E-state index contributed by atoms with van der Waals surface area (Å²) in [6.45, 7) is 3.26. The SMILES string of the molecule is COc1ccc(CO)cc1S(=O)(=O)NC(C)C. The summed E-state index contributed by atoms with van der Waals surface area (Å²) in [4.78, 5) is 0.0419. The van der Waals surface area contributed by atoms with Gasteiger partial charge in [-0.1, -0.05) is 6.07 Å². The predicted octanol–water partition coefficient (Wildman–Crippen LogP) is 0.874. The van der Waals surface area contributed by atoms with Crippen molar-refractivity contribution in [2.24, 2.45) is 0 Å². The topological polar surface area (TPSA) is 75.6 Å². The lowest BCUT2D eigenvalue weighted by atomic mass is 10.2. The quantitative estimate of drug-likeness (QED) is 0.823. The van der Waals surface area contributed by atoms with Crippen LogP contribution in [0.1, 0.15) is 19.4 Å². The Hall–Kier alpha value is -1.11. The molecule has 1 aromatic carbocycles. The highest BCUT2D eigenvalue weighted by atomic mass is 32.2. The lowest BCUT2D eigenvalue weighted by molar-refractivity contribution is 0.281. The van der Waals surface area contributed by atoms with Gasteiger partial charge in [0.1, 0.15) is 10.6 Å². The van der Waals surface area contributed by atoms with Gasteiger partial charge < -0.3 is 9.84 Å². The van der Waals surface area contributed by atoms with Gasteiger partial charge in [-0.2, -0.15) is 0 Å². The Morgan fingerprint density at radius 3 is 2.53 bits per heavy atom. The highest BCUT2D eigenvalue weighted by Gasteiger charge is 2.20. The average molecular weight is 259 g/mol. The van der Waals surface area contributed by atoms with E-state index in [0.717, 1.165) is 0 Å². The second-order valence-electron chi connectivity index (χ2n) is 3.92. The van der Waals surface area contributed by atoms with Crippen LogP contribution in [0.5, 0.6) is 5.75 Å². The number of aliphatic hydroxyl groups is 1. The van der Waals surface area contributed by atoms with Crippen LogP contribution in [0.15, 0.2) is 23.1 Å². The lowest BCUT2D eigenvalue weighted by Crippen LogP contribution is -2.30. The molecule has 0 bridgehead atoms. The summed E-state index contributed by atoms with van der Waals surface area (Å²) in [5, 5.41) is 9.02. The second kappa shape index (κ2) is 5.48. The molecule has 0 saturated heterocycles. The number of benzene rings is 1. The fourth-order valence-corrected chi connectivity index (χ4v) is 2.87. The van der Waals surface area contributed by atoms with Crippen LogP contribution in [-0.2, 0) is 16.6 Å². The van der Waals surface area contributed by atoms with E-state index in [2.05, 4.69) is 4.72 Å². The maximum atomic E-state index is 12.0. The molecule has 2 N–H and O–H groups in total. The molecule has 0 atom stereocenters. The first-order chi connectivity index (χ1) is 7.90. The van der Waals surface area contributed by atoms with Crippen LogP contribution in [0.2, 0.25) is 0 Å². The van der Waals surface area contributed by atoms with Gasteiger partial charge in [-0.05, 0) is 31.5 Å². The summed E-state index contributed by atoms with van der Waals surface area (Å²) in [6, 6.07) is 4.35. The van der Waals surface area contributed by atoms with Crippen molar-refractivity contribution in [3.05, 3.63) is 23.8 Å². The van der Waals surface area contributed by atoms with Crippen molar-refractivity contribution in [3.8, 4) is 5.75 Å². The molecular formula is C11H17NO4S. The molecule has 5 nitrogen and oxygen atoms in total. The predicted molar refractivity (Wildman–Crippen MR) is 64.4 cm³/mol. The molecule has 1 rings (SSSR count). The third-order valence-electron chi connectivity index (χ3n) is 2.09. The molecule has 0 spiro atoms.